The molecule has 0 saturated heterocycles. The molecule has 1 amide bonds. The molecule has 1 N–H and O–H groups in total. The first-order chi connectivity index (χ1) is 11.8. The van der Waals surface area contributed by atoms with Crippen LogP contribution in [0.25, 0.3) is 0 Å². The lowest BCUT2D eigenvalue weighted by Crippen LogP contribution is -2.30. The van der Waals surface area contributed by atoms with Crippen LogP contribution >= 0.6 is 0 Å². The molecule has 120 valence electrons. The van der Waals surface area contributed by atoms with Gasteiger partial charge in [-0.25, -0.2) is 0 Å². The van der Waals surface area contributed by atoms with E-state index in [4.69, 9.17) is 0 Å². The van der Waals surface area contributed by atoms with Crippen LogP contribution in [0.1, 0.15) is 22.6 Å². The summed E-state index contributed by atoms with van der Waals surface area (Å²) in [4.78, 5) is 12.8. The zero-order chi connectivity index (χ0) is 16.6. The van der Waals surface area contributed by atoms with Crippen LogP contribution in [0.5, 0.6) is 0 Å². The van der Waals surface area contributed by atoms with Crippen LogP contribution in [0.15, 0.2) is 91.0 Å². The third-order valence-electron chi connectivity index (χ3n) is 4.11. The maximum absolute atomic E-state index is 12.8. The van der Waals surface area contributed by atoms with Crippen LogP contribution in [0.3, 0.4) is 0 Å². The number of benzene rings is 3. The van der Waals surface area contributed by atoms with E-state index in [-0.39, 0.29) is 11.8 Å². The van der Waals surface area contributed by atoms with E-state index in [1.807, 2.05) is 78.9 Å². The van der Waals surface area contributed by atoms with Gasteiger partial charge >= 0.3 is 0 Å². The molecule has 3 aromatic rings. The van der Waals surface area contributed by atoms with E-state index in [1.165, 1.54) is 5.56 Å². The molecule has 3 rings (SSSR count). The van der Waals surface area contributed by atoms with Gasteiger partial charge in [0.05, 0.1) is 5.92 Å². The fourth-order valence-corrected chi connectivity index (χ4v) is 2.81. The molecule has 1 atom stereocenters. The van der Waals surface area contributed by atoms with Crippen molar-refractivity contribution in [2.75, 3.05) is 0 Å². The van der Waals surface area contributed by atoms with Crippen molar-refractivity contribution < 1.29 is 4.79 Å². The van der Waals surface area contributed by atoms with Gasteiger partial charge in [0.1, 0.15) is 0 Å². The zero-order valence-electron chi connectivity index (χ0n) is 13.6. The van der Waals surface area contributed by atoms with Gasteiger partial charge in [-0.2, -0.15) is 0 Å². The van der Waals surface area contributed by atoms with Crippen LogP contribution in [0, 0.1) is 0 Å². The molecular weight excluding hydrogens is 294 g/mol. The minimum absolute atomic E-state index is 0.0638. The third kappa shape index (κ3) is 4.32. The predicted molar refractivity (Wildman–Crippen MR) is 97.6 cm³/mol. The van der Waals surface area contributed by atoms with E-state index < -0.39 is 0 Å². The molecule has 0 aromatic heterocycles. The van der Waals surface area contributed by atoms with Gasteiger partial charge in [0.25, 0.3) is 0 Å². The van der Waals surface area contributed by atoms with E-state index in [1.54, 1.807) is 0 Å². The monoisotopic (exact) mass is 315 g/mol. The van der Waals surface area contributed by atoms with Gasteiger partial charge in [0.2, 0.25) is 5.91 Å². The van der Waals surface area contributed by atoms with Gasteiger partial charge < -0.3 is 5.32 Å². The SMILES string of the molecule is O=C(NCc1ccccc1)[C@@H](Cc1ccccc1)c1ccccc1. The summed E-state index contributed by atoms with van der Waals surface area (Å²) in [5, 5.41) is 3.08. The molecule has 2 heteroatoms. The van der Waals surface area contributed by atoms with Crippen LogP contribution in [-0.4, -0.2) is 5.91 Å². The summed E-state index contributed by atoms with van der Waals surface area (Å²) in [5.41, 5.74) is 3.32. The van der Waals surface area contributed by atoms with Crippen LogP contribution in [0.4, 0.5) is 0 Å². The second-order valence-corrected chi connectivity index (χ2v) is 5.86. The van der Waals surface area contributed by atoms with Gasteiger partial charge in [-0.1, -0.05) is 91.0 Å². The molecule has 0 fully saturated rings. The number of nitrogens with one attached hydrogen (secondary N) is 1. The van der Waals surface area contributed by atoms with Crippen molar-refractivity contribution in [3.63, 3.8) is 0 Å². The Bertz CT molecular complexity index is 754. The lowest BCUT2D eigenvalue weighted by molar-refractivity contribution is -0.122. The van der Waals surface area contributed by atoms with E-state index in [0.29, 0.717) is 13.0 Å². The highest BCUT2D eigenvalue weighted by atomic mass is 16.1. The van der Waals surface area contributed by atoms with E-state index in [0.717, 1.165) is 11.1 Å². The molecule has 24 heavy (non-hydrogen) atoms. The standard InChI is InChI=1S/C22H21NO/c24-22(23-17-19-12-6-2-7-13-19)21(20-14-8-3-9-15-20)16-18-10-4-1-5-11-18/h1-15,21H,16-17H2,(H,23,24)/t21-/m0/s1. The summed E-state index contributed by atoms with van der Waals surface area (Å²) in [6.45, 7) is 0.553. The van der Waals surface area contributed by atoms with Gasteiger partial charge in [0.15, 0.2) is 0 Å². The minimum atomic E-state index is -0.183. The fourth-order valence-electron chi connectivity index (χ4n) is 2.81. The van der Waals surface area contributed by atoms with Crippen molar-refractivity contribution in [2.24, 2.45) is 0 Å². The highest BCUT2D eigenvalue weighted by molar-refractivity contribution is 5.84. The number of rotatable bonds is 6. The number of amides is 1. The molecule has 3 aromatic carbocycles. The summed E-state index contributed by atoms with van der Waals surface area (Å²) < 4.78 is 0. The van der Waals surface area contributed by atoms with Crippen molar-refractivity contribution in [3.05, 3.63) is 108 Å². The maximum Gasteiger partial charge on any atom is 0.228 e. The lowest BCUT2D eigenvalue weighted by atomic mass is 9.91. The third-order valence-corrected chi connectivity index (χ3v) is 4.11. The van der Waals surface area contributed by atoms with Crippen LogP contribution in [-0.2, 0) is 17.8 Å². The molecule has 0 unspecified atom stereocenters. The van der Waals surface area contributed by atoms with Crippen LogP contribution in [0.2, 0.25) is 0 Å². The molecular formula is C22H21NO. The average Bonchev–Trinajstić information content (AvgIpc) is 2.66. The second-order valence-electron chi connectivity index (χ2n) is 5.86. The highest BCUT2D eigenvalue weighted by Crippen LogP contribution is 2.21. The minimum Gasteiger partial charge on any atom is -0.351 e. The number of hydrogen-bond donors (Lipinski definition) is 1. The van der Waals surface area contributed by atoms with Crippen molar-refractivity contribution in [1.82, 2.24) is 5.32 Å². The molecule has 0 radical (unpaired) electrons. The van der Waals surface area contributed by atoms with E-state index >= 15 is 0 Å². The maximum atomic E-state index is 12.8. The normalized spacial score (nSPS) is 11.7. The molecule has 0 heterocycles. The van der Waals surface area contributed by atoms with Crippen LogP contribution < -0.4 is 5.32 Å². The first-order valence-corrected chi connectivity index (χ1v) is 8.23. The Morgan fingerprint density at radius 2 is 1.21 bits per heavy atom. The van der Waals surface area contributed by atoms with Gasteiger partial charge in [-0.3, -0.25) is 4.79 Å². The largest absolute Gasteiger partial charge is 0.351 e. The lowest BCUT2D eigenvalue weighted by Gasteiger charge is -2.17. The summed E-state index contributed by atoms with van der Waals surface area (Å²) in [5.74, 6) is -0.119. The van der Waals surface area contributed by atoms with Gasteiger partial charge in [-0.15, -0.1) is 0 Å². The second kappa shape index (κ2) is 8.11. The van der Waals surface area contributed by atoms with E-state index in [9.17, 15) is 4.79 Å². The molecule has 0 aliphatic heterocycles. The average molecular weight is 315 g/mol. The summed E-state index contributed by atoms with van der Waals surface area (Å²) in [6.07, 6.45) is 0.700. The van der Waals surface area contributed by atoms with Gasteiger partial charge in [0, 0.05) is 6.54 Å². The summed E-state index contributed by atoms with van der Waals surface area (Å²) in [6, 6.07) is 30.2. The molecule has 0 saturated carbocycles. The Kier molecular flexibility index (Phi) is 5.41. The summed E-state index contributed by atoms with van der Waals surface area (Å²) >= 11 is 0. The zero-order valence-corrected chi connectivity index (χ0v) is 13.6. The van der Waals surface area contributed by atoms with Crippen molar-refractivity contribution >= 4 is 5.91 Å². The fraction of sp³-hybridized carbons (Fsp3) is 0.136. The van der Waals surface area contributed by atoms with Crippen molar-refractivity contribution in [1.29, 1.82) is 0 Å². The Morgan fingerprint density at radius 1 is 0.708 bits per heavy atom. The van der Waals surface area contributed by atoms with Crippen molar-refractivity contribution in [3.8, 4) is 0 Å². The van der Waals surface area contributed by atoms with E-state index in [2.05, 4.69) is 17.4 Å². The Balaban J connectivity index is 1.75. The first kappa shape index (κ1) is 16.0. The Labute approximate surface area is 143 Å². The summed E-state index contributed by atoms with van der Waals surface area (Å²) in [7, 11) is 0. The molecule has 0 bridgehead atoms. The quantitative estimate of drug-likeness (QED) is 0.721. The molecule has 0 aliphatic carbocycles. The number of carbonyl (C=O) groups excluding carboxylic acids is 1. The first-order valence-electron chi connectivity index (χ1n) is 8.23. The molecule has 0 spiro atoms. The highest BCUT2D eigenvalue weighted by Gasteiger charge is 2.20. The van der Waals surface area contributed by atoms with Gasteiger partial charge in [-0.05, 0) is 23.1 Å². The Morgan fingerprint density at radius 3 is 1.79 bits per heavy atom. The predicted octanol–water partition coefficient (Wildman–Crippen LogP) is 4.33. The topological polar surface area (TPSA) is 29.1 Å². The number of carbonyl (C=O) groups is 1. The van der Waals surface area contributed by atoms with Crippen molar-refractivity contribution in [2.45, 2.75) is 18.9 Å². The smallest absolute Gasteiger partial charge is 0.228 e. The Hall–Kier alpha value is -2.87. The number of hydrogen-bond acceptors (Lipinski definition) is 1. The molecule has 2 nitrogen and oxygen atoms in total. The molecule has 0 aliphatic rings.